The first-order chi connectivity index (χ1) is 11.8. The molecule has 5 nitrogen and oxygen atoms in total. The van der Waals surface area contributed by atoms with Crippen LogP contribution in [0.5, 0.6) is 0 Å². The molecule has 0 spiro atoms. The molecule has 2 rings (SSSR count). The highest BCUT2D eigenvalue weighted by molar-refractivity contribution is 5.68. The molecule has 1 heterocycles. The van der Waals surface area contributed by atoms with Crippen molar-refractivity contribution in [2.45, 2.75) is 51.7 Å². The number of nitrogens with zero attached hydrogens (tertiary/aromatic N) is 1. The summed E-state index contributed by atoms with van der Waals surface area (Å²) in [4.78, 5) is 13.9. The summed E-state index contributed by atoms with van der Waals surface area (Å²) in [5.74, 6) is 0.625. The number of aliphatic hydroxyl groups is 1. The van der Waals surface area contributed by atoms with Gasteiger partial charge in [-0.05, 0) is 58.1 Å². The van der Waals surface area contributed by atoms with E-state index in [4.69, 9.17) is 4.74 Å². The lowest BCUT2D eigenvalue weighted by Crippen LogP contribution is -2.42. The molecule has 1 unspecified atom stereocenters. The second-order valence-corrected chi connectivity index (χ2v) is 7.83. The zero-order chi connectivity index (χ0) is 18.3. The lowest BCUT2D eigenvalue weighted by atomic mass is 9.94. The number of hydrogen-bond donors (Lipinski definition) is 2. The van der Waals surface area contributed by atoms with E-state index in [1.54, 1.807) is 0 Å². The number of carbonyl (C=O) groups excluding carboxylic acids is 1. The number of amides is 1. The Kier molecular flexibility index (Phi) is 7.26. The Bertz CT molecular complexity index is 519. The first kappa shape index (κ1) is 19.7. The Morgan fingerprint density at radius 1 is 1.28 bits per heavy atom. The molecule has 25 heavy (non-hydrogen) atoms. The van der Waals surface area contributed by atoms with Crippen LogP contribution in [0, 0.1) is 5.92 Å². The van der Waals surface area contributed by atoms with Crippen molar-refractivity contribution in [2.24, 2.45) is 5.92 Å². The molecule has 140 valence electrons. The Balaban J connectivity index is 1.60. The largest absolute Gasteiger partial charge is 0.444 e. The maximum Gasteiger partial charge on any atom is 0.410 e. The van der Waals surface area contributed by atoms with E-state index < -0.39 is 11.7 Å². The van der Waals surface area contributed by atoms with Crippen LogP contribution in [0.2, 0.25) is 0 Å². The summed E-state index contributed by atoms with van der Waals surface area (Å²) in [5, 5.41) is 13.5. The Morgan fingerprint density at radius 3 is 2.52 bits per heavy atom. The minimum atomic E-state index is -0.463. The zero-order valence-electron chi connectivity index (χ0n) is 15.7. The summed E-state index contributed by atoms with van der Waals surface area (Å²) in [6.07, 6.45) is 2.44. The van der Waals surface area contributed by atoms with E-state index in [0.29, 0.717) is 12.5 Å². The number of likely N-dealkylation sites (tertiary alicyclic amines) is 1. The molecule has 5 heteroatoms. The predicted octanol–water partition coefficient (Wildman–Crippen LogP) is 3.35. The van der Waals surface area contributed by atoms with E-state index in [2.05, 4.69) is 5.32 Å². The summed E-state index contributed by atoms with van der Waals surface area (Å²) in [6, 6.07) is 9.72. The van der Waals surface area contributed by atoms with E-state index in [1.165, 1.54) is 0 Å². The van der Waals surface area contributed by atoms with Gasteiger partial charge in [0.2, 0.25) is 0 Å². The van der Waals surface area contributed by atoms with Crippen LogP contribution in [-0.4, -0.2) is 47.9 Å². The molecule has 0 radical (unpaired) electrons. The molecule has 0 saturated carbocycles. The number of piperidine rings is 1. The van der Waals surface area contributed by atoms with Crippen molar-refractivity contribution in [3.63, 3.8) is 0 Å². The molecule has 1 saturated heterocycles. The lowest BCUT2D eigenvalue weighted by Gasteiger charge is -2.33. The number of rotatable bonds is 6. The highest BCUT2D eigenvalue weighted by Crippen LogP contribution is 2.22. The molecule has 0 aromatic heterocycles. The van der Waals surface area contributed by atoms with Gasteiger partial charge < -0.3 is 20.1 Å². The van der Waals surface area contributed by atoms with Gasteiger partial charge in [-0.2, -0.15) is 0 Å². The summed E-state index contributed by atoms with van der Waals surface area (Å²) in [6.45, 7) is 8.69. The van der Waals surface area contributed by atoms with Crippen LogP contribution in [0.1, 0.15) is 51.7 Å². The van der Waals surface area contributed by atoms with Gasteiger partial charge in [0.1, 0.15) is 5.60 Å². The fraction of sp³-hybridized carbons (Fsp3) is 0.650. The SMILES string of the molecule is CC(C)(C)OC(=O)N1CCC(CCNCC(O)c2ccccc2)CC1. The third-order valence-electron chi connectivity index (χ3n) is 4.52. The average molecular weight is 348 g/mol. The number of hydrogen-bond acceptors (Lipinski definition) is 4. The molecule has 0 bridgehead atoms. The number of ether oxygens (including phenoxy) is 1. The third kappa shape index (κ3) is 7.04. The van der Waals surface area contributed by atoms with Crippen molar-refractivity contribution < 1.29 is 14.6 Å². The van der Waals surface area contributed by atoms with E-state index in [9.17, 15) is 9.90 Å². The van der Waals surface area contributed by atoms with Crippen molar-refractivity contribution in [3.05, 3.63) is 35.9 Å². The Morgan fingerprint density at radius 2 is 1.92 bits per heavy atom. The van der Waals surface area contributed by atoms with E-state index in [0.717, 1.165) is 44.5 Å². The first-order valence-electron chi connectivity index (χ1n) is 9.27. The van der Waals surface area contributed by atoms with Gasteiger partial charge in [0.25, 0.3) is 0 Å². The Labute approximate surface area is 151 Å². The van der Waals surface area contributed by atoms with Crippen molar-refractivity contribution in [1.29, 1.82) is 0 Å². The molecule has 0 aliphatic carbocycles. The summed E-state index contributed by atoms with van der Waals surface area (Å²) < 4.78 is 5.43. The van der Waals surface area contributed by atoms with Crippen molar-refractivity contribution in [3.8, 4) is 0 Å². The predicted molar refractivity (Wildman–Crippen MR) is 99.4 cm³/mol. The molecule has 1 aliphatic rings. The average Bonchev–Trinajstić information content (AvgIpc) is 2.58. The molecule has 1 atom stereocenters. The summed E-state index contributed by atoms with van der Waals surface area (Å²) in [5.41, 5.74) is 0.512. The van der Waals surface area contributed by atoms with Crippen LogP contribution in [0.3, 0.4) is 0 Å². The molecule has 2 N–H and O–H groups in total. The molecule has 1 fully saturated rings. The maximum atomic E-state index is 12.1. The topological polar surface area (TPSA) is 61.8 Å². The minimum absolute atomic E-state index is 0.199. The van der Waals surface area contributed by atoms with Crippen LogP contribution >= 0.6 is 0 Å². The van der Waals surface area contributed by atoms with Gasteiger partial charge in [-0.3, -0.25) is 0 Å². The smallest absolute Gasteiger partial charge is 0.410 e. The standard InChI is InChI=1S/C20H32N2O3/c1-20(2,3)25-19(24)22-13-10-16(11-14-22)9-12-21-15-18(23)17-7-5-4-6-8-17/h4-8,16,18,21,23H,9-15H2,1-3H3. The highest BCUT2D eigenvalue weighted by atomic mass is 16.6. The highest BCUT2D eigenvalue weighted by Gasteiger charge is 2.26. The normalized spacial score (nSPS) is 17.4. The van der Waals surface area contributed by atoms with Gasteiger partial charge in [0.05, 0.1) is 6.10 Å². The van der Waals surface area contributed by atoms with Crippen molar-refractivity contribution >= 4 is 6.09 Å². The molecule has 1 aliphatic heterocycles. The number of aliphatic hydroxyl groups excluding tert-OH is 1. The quantitative estimate of drug-likeness (QED) is 0.774. The molecule has 1 aromatic rings. The van der Waals surface area contributed by atoms with Gasteiger partial charge in [0.15, 0.2) is 0 Å². The molecule has 1 aromatic carbocycles. The van der Waals surface area contributed by atoms with Crippen molar-refractivity contribution in [2.75, 3.05) is 26.2 Å². The number of benzene rings is 1. The Hall–Kier alpha value is -1.59. The zero-order valence-corrected chi connectivity index (χ0v) is 15.7. The van der Waals surface area contributed by atoms with E-state index in [1.807, 2.05) is 56.0 Å². The summed E-state index contributed by atoms with van der Waals surface area (Å²) >= 11 is 0. The van der Waals surface area contributed by atoms with Crippen LogP contribution < -0.4 is 5.32 Å². The van der Waals surface area contributed by atoms with E-state index in [-0.39, 0.29) is 6.09 Å². The second-order valence-electron chi connectivity index (χ2n) is 7.83. The van der Waals surface area contributed by atoms with Gasteiger partial charge in [-0.1, -0.05) is 30.3 Å². The maximum absolute atomic E-state index is 12.1. The molecular weight excluding hydrogens is 316 g/mol. The van der Waals surface area contributed by atoms with E-state index >= 15 is 0 Å². The van der Waals surface area contributed by atoms with Crippen LogP contribution in [0.15, 0.2) is 30.3 Å². The molecule has 1 amide bonds. The first-order valence-corrected chi connectivity index (χ1v) is 9.27. The molecular formula is C20H32N2O3. The van der Waals surface area contributed by atoms with Crippen LogP contribution in [-0.2, 0) is 4.74 Å². The van der Waals surface area contributed by atoms with Gasteiger partial charge in [-0.25, -0.2) is 4.79 Å². The van der Waals surface area contributed by atoms with Crippen molar-refractivity contribution in [1.82, 2.24) is 10.2 Å². The minimum Gasteiger partial charge on any atom is -0.444 e. The fourth-order valence-corrected chi connectivity index (χ4v) is 3.07. The monoisotopic (exact) mass is 348 g/mol. The van der Waals surface area contributed by atoms with Gasteiger partial charge in [0, 0.05) is 19.6 Å². The summed E-state index contributed by atoms with van der Waals surface area (Å²) in [7, 11) is 0. The lowest BCUT2D eigenvalue weighted by molar-refractivity contribution is 0.0181. The van der Waals surface area contributed by atoms with Gasteiger partial charge >= 0.3 is 6.09 Å². The fourth-order valence-electron chi connectivity index (χ4n) is 3.07. The van der Waals surface area contributed by atoms with Gasteiger partial charge in [-0.15, -0.1) is 0 Å². The third-order valence-corrected chi connectivity index (χ3v) is 4.52. The second kappa shape index (κ2) is 9.20. The number of carbonyl (C=O) groups is 1. The van der Waals surface area contributed by atoms with Crippen LogP contribution in [0.25, 0.3) is 0 Å². The number of nitrogens with one attached hydrogen (secondary N) is 1. The van der Waals surface area contributed by atoms with Crippen LogP contribution in [0.4, 0.5) is 4.79 Å².